The number of hydrogen-bond acceptors (Lipinski definition) is 8. The first-order valence-corrected chi connectivity index (χ1v) is 21.1. The van der Waals surface area contributed by atoms with Crippen molar-refractivity contribution in [3.8, 4) is 0 Å². The van der Waals surface area contributed by atoms with Crippen LogP contribution in [0, 0.1) is 0 Å². The van der Waals surface area contributed by atoms with E-state index in [2.05, 4.69) is 134 Å². The Bertz CT molecular complexity index is 1820. The minimum Gasteiger partial charge on any atom is -0.412 e. The molecule has 0 saturated carbocycles. The third-order valence-corrected chi connectivity index (χ3v) is 11.1. The van der Waals surface area contributed by atoms with Crippen LogP contribution in [0.15, 0.2) is 109 Å². The van der Waals surface area contributed by atoms with Crippen molar-refractivity contribution in [1.29, 1.82) is 0 Å². The summed E-state index contributed by atoms with van der Waals surface area (Å²) in [6.07, 6.45) is 4.39. The molecule has 0 spiro atoms. The lowest BCUT2D eigenvalue weighted by Crippen LogP contribution is -2.31. The van der Waals surface area contributed by atoms with Crippen LogP contribution in [0.3, 0.4) is 0 Å². The Morgan fingerprint density at radius 1 is 0.438 bits per heavy atom. The van der Waals surface area contributed by atoms with Crippen LogP contribution in [0.25, 0.3) is 0 Å². The zero-order chi connectivity index (χ0) is 38.2. The number of nitrogens with one attached hydrogen (secondary N) is 4. The topological polar surface area (TPSA) is 143 Å². The van der Waals surface area contributed by atoms with E-state index >= 15 is 0 Å². The van der Waals surface area contributed by atoms with E-state index in [0.717, 1.165) is 145 Å². The molecule has 17 heteroatoms. The molecular weight excluding hydrogens is 1220 g/mol. The van der Waals surface area contributed by atoms with Crippen LogP contribution in [0.2, 0.25) is 5.02 Å². The van der Waals surface area contributed by atoms with Crippen molar-refractivity contribution in [1.82, 2.24) is 41.0 Å². The molecule has 2 aromatic heterocycles. The minimum atomic E-state index is 0. The summed E-state index contributed by atoms with van der Waals surface area (Å²) in [7, 11) is 0. The molecule has 4 bridgehead atoms. The minimum absolute atomic E-state index is 0. The Kier molecular flexibility index (Phi) is 36.4. The maximum absolute atomic E-state index is 6.67. The molecular formula is C47H69Br6ClN8O2. The van der Waals surface area contributed by atoms with Gasteiger partial charge in [-0.15, -0.1) is 102 Å². The number of halogens is 7. The van der Waals surface area contributed by atoms with Crippen LogP contribution in [0.1, 0.15) is 82.2 Å². The van der Waals surface area contributed by atoms with Crippen LogP contribution in [-0.2, 0) is 39.3 Å². The summed E-state index contributed by atoms with van der Waals surface area (Å²) in [6.45, 7) is 13.2. The van der Waals surface area contributed by atoms with Gasteiger partial charge in [0.05, 0.1) is 22.8 Å². The fraction of sp³-hybridized carbons (Fsp3) is 0.404. The Morgan fingerprint density at radius 2 is 0.750 bits per heavy atom. The van der Waals surface area contributed by atoms with Gasteiger partial charge in [-0.05, 0) is 142 Å². The Morgan fingerprint density at radius 3 is 1.09 bits per heavy atom. The van der Waals surface area contributed by atoms with Crippen LogP contribution in [0.5, 0.6) is 0 Å². The van der Waals surface area contributed by atoms with Gasteiger partial charge in [-0.1, -0.05) is 84.4 Å². The zero-order valence-electron chi connectivity index (χ0n) is 36.3. The fourth-order valence-electron chi connectivity index (χ4n) is 8.09. The van der Waals surface area contributed by atoms with Gasteiger partial charge in [-0.3, -0.25) is 19.8 Å². The monoisotopic (exact) mass is 1290 g/mol. The lowest BCUT2D eigenvalue weighted by atomic mass is 9.84. The Labute approximate surface area is 449 Å². The highest BCUT2D eigenvalue weighted by atomic mass is 79.9. The van der Waals surface area contributed by atoms with Gasteiger partial charge < -0.3 is 32.2 Å². The van der Waals surface area contributed by atoms with Crippen molar-refractivity contribution in [3.63, 3.8) is 0 Å². The predicted octanol–water partition coefficient (Wildman–Crippen LogP) is 9.08. The molecule has 5 aromatic rings. The molecule has 10 nitrogen and oxygen atoms in total. The molecule has 0 radical (unpaired) electrons. The molecule has 64 heavy (non-hydrogen) atoms. The van der Waals surface area contributed by atoms with E-state index in [1.54, 1.807) is 0 Å². The summed E-state index contributed by atoms with van der Waals surface area (Å²) in [5.41, 5.74) is 11.0. The second kappa shape index (κ2) is 35.9. The van der Waals surface area contributed by atoms with Gasteiger partial charge in [0.1, 0.15) is 0 Å². The lowest BCUT2D eigenvalue weighted by Gasteiger charge is -2.25. The maximum Gasteiger partial charge on any atom is 0.0545 e. The van der Waals surface area contributed by atoms with E-state index in [0.29, 0.717) is 0 Å². The SMILES string of the molecule is Br.Br.Br.Br.Br.Br.Clc1cccc(C(c2cccc(CN3CCCNCc4cccc(n4)CNCCC3)c2)c2cccc(CN3CCCNCc4cccc(n4)CNCCC3)c2)c1.O.O. The van der Waals surface area contributed by atoms with E-state index in [1.807, 2.05) is 6.07 Å². The molecule has 0 amide bonds. The van der Waals surface area contributed by atoms with E-state index in [9.17, 15) is 0 Å². The third-order valence-electron chi connectivity index (χ3n) is 10.8. The number of pyridine rings is 2. The molecule has 358 valence electrons. The summed E-state index contributed by atoms with van der Waals surface area (Å²) in [5, 5.41) is 15.2. The van der Waals surface area contributed by atoms with Crippen LogP contribution in [-0.4, -0.2) is 83.1 Å². The number of rotatable bonds is 7. The van der Waals surface area contributed by atoms with Gasteiger partial charge in [-0.2, -0.15) is 0 Å². The number of nitrogens with zero attached hydrogens (tertiary/aromatic N) is 4. The van der Waals surface area contributed by atoms with Crippen molar-refractivity contribution in [2.75, 3.05) is 52.4 Å². The molecule has 0 fully saturated rings. The van der Waals surface area contributed by atoms with Gasteiger partial charge in [0.25, 0.3) is 0 Å². The Balaban J connectivity index is 0. The highest BCUT2D eigenvalue weighted by Crippen LogP contribution is 2.34. The largest absolute Gasteiger partial charge is 0.412 e. The quantitative estimate of drug-likeness (QED) is 0.118. The van der Waals surface area contributed by atoms with Gasteiger partial charge in [0.2, 0.25) is 0 Å². The van der Waals surface area contributed by atoms with Gasteiger partial charge >= 0.3 is 0 Å². The molecule has 2 aliphatic heterocycles. The predicted molar refractivity (Wildman–Crippen MR) is 299 cm³/mol. The second-order valence-corrected chi connectivity index (χ2v) is 15.8. The maximum atomic E-state index is 6.67. The normalized spacial score (nSPS) is 15.3. The van der Waals surface area contributed by atoms with E-state index in [-0.39, 0.29) is 119 Å². The van der Waals surface area contributed by atoms with Crippen LogP contribution in [0.4, 0.5) is 0 Å². The van der Waals surface area contributed by atoms with Crippen molar-refractivity contribution in [2.24, 2.45) is 0 Å². The Hall–Kier alpha value is -1.19. The fourth-order valence-corrected chi connectivity index (χ4v) is 8.29. The van der Waals surface area contributed by atoms with E-state index in [1.165, 1.54) is 27.8 Å². The molecule has 7 rings (SSSR count). The number of fused-ring (bicyclic) bond motifs is 4. The van der Waals surface area contributed by atoms with Gasteiger partial charge in [0, 0.05) is 50.2 Å². The first kappa shape index (κ1) is 64.9. The van der Waals surface area contributed by atoms with Crippen LogP contribution >= 0.6 is 113 Å². The average molecular weight is 1290 g/mol. The summed E-state index contributed by atoms with van der Waals surface area (Å²) in [4.78, 5) is 14.9. The summed E-state index contributed by atoms with van der Waals surface area (Å²) in [5.74, 6) is 0.0739. The first-order valence-electron chi connectivity index (χ1n) is 20.7. The first-order chi connectivity index (χ1) is 27.6. The summed E-state index contributed by atoms with van der Waals surface area (Å²) < 4.78 is 0. The molecule has 8 N–H and O–H groups in total. The third kappa shape index (κ3) is 21.4. The van der Waals surface area contributed by atoms with Crippen molar-refractivity contribution < 1.29 is 11.0 Å². The molecule has 4 heterocycles. The highest BCUT2D eigenvalue weighted by molar-refractivity contribution is 8.93. The molecule has 0 aliphatic carbocycles. The van der Waals surface area contributed by atoms with Gasteiger partial charge in [0.15, 0.2) is 0 Å². The molecule has 3 aromatic carbocycles. The standard InChI is InChI=1S/C47H59ClN8.6BrH.2H2O/c48-42-15-3-14-41(30-42)47(39-12-1-10-37(28-39)35-55-24-6-20-49-31-43-16-4-17-44(53-43)32-50-21-7-25-55)40-13-2-11-38(29-40)36-56-26-8-22-51-33-45-18-5-19-46(54-45)34-52-23-9-27-56;;;;;;;;/h1-5,10-19,28-30,47,49-52H,6-9,20-27,31-36H2;6*1H;2*1H2. The van der Waals surface area contributed by atoms with Crippen molar-refractivity contribution in [2.45, 2.75) is 70.9 Å². The molecule has 0 unspecified atom stereocenters. The molecule has 0 saturated heterocycles. The molecule has 2 aliphatic rings. The smallest absolute Gasteiger partial charge is 0.0545 e. The van der Waals surface area contributed by atoms with Crippen molar-refractivity contribution in [3.05, 3.63) is 165 Å². The molecule has 0 atom stereocenters. The lowest BCUT2D eigenvalue weighted by molar-refractivity contribution is 0.256. The van der Waals surface area contributed by atoms with E-state index in [4.69, 9.17) is 21.6 Å². The highest BCUT2D eigenvalue weighted by Gasteiger charge is 2.20. The second-order valence-electron chi connectivity index (χ2n) is 15.4. The van der Waals surface area contributed by atoms with Crippen LogP contribution < -0.4 is 21.3 Å². The van der Waals surface area contributed by atoms with Gasteiger partial charge in [-0.25, -0.2) is 0 Å². The summed E-state index contributed by atoms with van der Waals surface area (Å²) >= 11 is 6.67. The average Bonchev–Trinajstić information content (AvgIpc) is 3.20. The zero-order valence-corrected chi connectivity index (χ0v) is 47.3. The van der Waals surface area contributed by atoms with E-state index < -0.39 is 0 Å². The number of hydrogen-bond donors (Lipinski definition) is 4. The number of benzene rings is 3. The summed E-state index contributed by atoms with van der Waals surface area (Å²) in [6, 6.07) is 39.7. The van der Waals surface area contributed by atoms with Crippen molar-refractivity contribution >= 4 is 113 Å². The number of aromatic nitrogens is 2.